The van der Waals surface area contributed by atoms with Gasteiger partial charge < -0.3 is 14.6 Å². The number of ether oxygens (including phenoxy) is 2. The molecule has 0 aromatic carbocycles. The minimum Gasteiger partial charge on any atom is -0.475 e. The number of hydrogen-bond acceptors (Lipinski definition) is 8. The number of amides is 1. The average Bonchev–Trinajstić information content (AvgIpc) is 3.60. The topological polar surface area (TPSA) is 125 Å². The van der Waals surface area contributed by atoms with E-state index in [0.29, 0.717) is 23.9 Å². The van der Waals surface area contributed by atoms with Gasteiger partial charge in [-0.05, 0) is 53.4 Å². The fourth-order valence-electron chi connectivity index (χ4n) is 5.18. The number of aliphatic hydroxyl groups is 1. The number of nitrogens with zero attached hydrogens (tertiary/aromatic N) is 8. The Bertz CT molecular complexity index is 1490. The zero-order valence-electron chi connectivity index (χ0n) is 24.0. The van der Waals surface area contributed by atoms with Crippen LogP contribution in [0.15, 0.2) is 30.7 Å². The molecule has 0 bridgehead atoms. The van der Waals surface area contributed by atoms with Crippen molar-refractivity contribution in [1.82, 2.24) is 34.3 Å². The molecule has 0 saturated heterocycles. The van der Waals surface area contributed by atoms with Crippen molar-refractivity contribution in [3.05, 3.63) is 36.4 Å². The van der Waals surface area contributed by atoms with Gasteiger partial charge in [-0.2, -0.15) is 15.3 Å². The number of aromatic nitrogens is 7. The lowest BCUT2D eigenvalue weighted by atomic mass is 9.93. The average molecular weight is 551 g/mol. The summed E-state index contributed by atoms with van der Waals surface area (Å²) in [6.45, 7) is 7.77. The van der Waals surface area contributed by atoms with Crippen LogP contribution in [-0.4, -0.2) is 63.8 Å². The molecule has 0 radical (unpaired) electrons. The summed E-state index contributed by atoms with van der Waals surface area (Å²) < 4.78 is 17.4. The lowest BCUT2D eigenvalue weighted by Crippen LogP contribution is -2.37. The largest absolute Gasteiger partial charge is 0.475 e. The van der Waals surface area contributed by atoms with Crippen LogP contribution in [0.1, 0.15) is 65.1 Å². The van der Waals surface area contributed by atoms with E-state index >= 15 is 0 Å². The summed E-state index contributed by atoms with van der Waals surface area (Å²) >= 11 is 0. The lowest BCUT2D eigenvalue weighted by Gasteiger charge is -2.29. The van der Waals surface area contributed by atoms with Crippen molar-refractivity contribution in [1.29, 1.82) is 0 Å². The summed E-state index contributed by atoms with van der Waals surface area (Å²) in [5, 5.41) is 24.0. The molecule has 12 nitrogen and oxygen atoms in total. The molecule has 1 amide bonds. The van der Waals surface area contributed by atoms with E-state index in [0.717, 1.165) is 47.8 Å². The number of pyridine rings is 1. The third-order valence-electron chi connectivity index (χ3n) is 7.09. The molecule has 1 fully saturated rings. The highest BCUT2D eigenvalue weighted by atomic mass is 16.6. The van der Waals surface area contributed by atoms with Crippen LogP contribution in [0, 0.1) is 0 Å². The number of fused-ring (bicyclic) bond motifs is 1. The molecule has 1 saturated carbocycles. The van der Waals surface area contributed by atoms with Crippen LogP contribution in [0.2, 0.25) is 0 Å². The summed E-state index contributed by atoms with van der Waals surface area (Å²) in [7, 11) is 3.70. The zero-order valence-corrected chi connectivity index (χ0v) is 24.0. The third kappa shape index (κ3) is 5.67. The minimum absolute atomic E-state index is 0.0535. The number of aliphatic hydroxyl groups excluding tert-OH is 1. The van der Waals surface area contributed by atoms with Crippen molar-refractivity contribution in [3.63, 3.8) is 0 Å². The number of carbonyl (C=O) groups is 1. The van der Waals surface area contributed by atoms with Gasteiger partial charge in [-0.25, -0.2) is 14.5 Å². The number of hydrogen-bond donors (Lipinski definition) is 1. The highest BCUT2D eigenvalue weighted by Gasteiger charge is 2.29. The normalized spacial score (nSPS) is 17.8. The highest BCUT2D eigenvalue weighted by molar-refractivity contribution is 5.96. The standard InChI is InChI=1S/C28H38N8O4/c1-7-35(27(38)40-28(2,3)4)24-13-23-22(15-29-24)26(18-14-30-33(5)16-18)32-36(23)20-8-10-21(11-9-20)39-25-12-19(17-37)31-34(25)6/h12-16,20-21,37H,7-11,17H2,1-6H3. The van der Waals surface area contributed by atoms with Gasteiger partial charge in [0.15, 0.2) is 0 Å². The molecular formula is C28H38N8O4. The van der Waals surface area contributed by atoms with E-state index in [1.165, 1.54) is 0 Å². The Kier molecular flexibility index (Phi) is 7.54. The second-order valence-corrected chi connectivity index (χ2v) is 11.3. The molecule has 4 aromatic heterocycles. The first-order valence-corrected chi connectivity index (χ1v) is 13.7. The van der Waals surface area contributed by atoms with Crippen LogP contribution in [0.4, 0.5) is 10.6 Å². The summed E-state index contributed by atoms with van der Waals surface area (Å²) in [6.07, 6.45) is 8.61. The van der Waals surface area contributed by atoms with Gasteiger partial charge in [0.2, 0.25) is 5.88 Å². The minimum atomic E-state index is -0.611. The molecule has 1 N–H and O–H groups in total. The molecule has 214 valence electrons. The van der Waals surface area contributed by atoms with E-state index in [-0.39, 0.29) is 18.8 Å². The zero-order chi connectivity index (χ0) is 28.6. The fourth-order valence-corrected chi connectivity index (χ4v) is 5.18. The Morgan fingerprint density at radius 2 is 1.88 bits per heavy atom. The summed E-state index contributed by atoms with van der Waals surface area (Å²) in [5.41, 5.74) is 2.61. The van der Waals surface area contributed by atoms with E-state index in [1.807, 2.05) is 54.1 Å². The smallest absolute Gasteiger partial charge is 0.415 e. The van der Waals surface area contributed by atoms with Crippen LogP contribution in [0.3, 0.4) is 0 Å². The Hall–Kier alpha value is -3.93. The van der Waals surface area contributed by atoms with E-state index in [2.05, 4.69) is 19.9 Å². The van der Waals surface area contributed by atoms with Crippen LogP contribution in [0.5, 0.6) is 5.88 Å². The second kappa shape index (κ2) is 10.9. The van der Waals surface area contributed by atoms with Gasteiger partial charge in [0.25, 0.3) is 0 Å². The summed E-state index contributed by atoms with van der Waals surface area (Å²) in [5.74, 6) is 1.18. The van der Waals surface area contributed by atoms with Crippen LogP contribution < -0.4 is 9.64 Å². The maximum absolute atomic E-state index is 13.0. The van der Waals surface area contributed by atoms with Crippen molar-refractivity contribution in [2.45, 2.75) is 77.7 Å². The first-order valence-electron chi connectivity index (χ1n) is 13.7. The monoisotopic (exact) mass is 550 g/mol. The fraction of sp³-hybridized carbons (Fsp3) is 0.536. The predicted octanol–water partition coefficient (Wildman–Crippen LogP) is 4.38. The molecule has 1 aliphatic rings. The van der Waals surface area contributed by atoms with Crippen LogP contribution in [-0.2, 0) is 25.4 Å². The van der Waals surface area contributed by atoms with Gasteiger partial charge in [0, 0.05) is 56.1 Å². The molecule has 4 aromatic rings. The van der Waals surface area contributed by atoms with Crippen molar-refractivity contribution in [2.75, 3.05) is 11.4 Å². The van der Waals surface area contributed by atoms with Crippen molar-refractivity contribution >= 4 is 22.8 Å². The molecule has 0 unspecified atom stereocenters. The summed E-state index contributed by atoms with van der Waals surface area (Å²) in [6, 6.07) is 3.87. The number of anilines is 1. The van der Waals surface area contributed by atoms with Gasteiger partial charge in [-0.15, -0.1) is 0 Å². The van der Waals surface area contributed by atoms with Crippen LogP contribution >= 0.6 is 0 Å². The first-order chi connectivity index (χ1) is 19.1. The van der Waals surface area contributed by atoms with Crippen molar-refractivity contribution in [3.8, 4) is 17.1 Å². The number of aryl methyl sites for hydroxylation is 2. The van der Waals surface area contributed by atoms with Crippen LogP contribution in [0.25, 0.3) is 22.2 Å². The first kappa shape index (κ1) is 27.6. The predicted molar refractivity (Wildman–Crippen MR) is 150 cm³/mol. The third-order valence-corrected chi connectivity index (χ3v) is 7.09. The Morgan fingerprint density at radius 1 is 1.12 bits per heavy atom. The Labute approximate surface area is 233 Å². The molecule has 5 rings (SSSR count). The van der Waals surface area contributed by atoms with Crippen molar-refractivity contribution in [2.24, 2.45) is 14.1 Å². The van der Waals surface area contributed by atoms with E-state index in [4.69, 9.17) is 14.6 Å². The molecule has 1 aliphatic carbocycles. The summed E-state index contributed by atoms with van der Waals surface area (Å²) in [4.78, 5) is 19.2. The quantitative estimate of drug-likeness (QED) is 0.359. The van der Waals surface area contributed by atoms with Gasteiger partial charge in [0.1, 0.15) is 23.2 Å². The SMILES string of the molecule is CCN(C(=O)OC(C)(C)C)c1cc2c(cn1)c(-c1cnn(C)c1)nn2C1CCC(Oc2cc(CO)nn2C)CC1. The van der Waals surface area contributed by atoms with Gasteiger partial charge >= 0.3 is 6.09 Å². The second-order valence-electron chi connectivity index (χ2n) is 11.3. The number of carbonyl (C=O) groups excluding carboxylic acids is 1. The Balaban J connectivity index is 1.44. The highest BCUT2D eigenvalue weighted by Crippen LogP contribution is 2.37. The number of rotatable bonds is 7. The Morgan fingerprint density at radius 3 is 2.48 bits per heavy atom. The van der Waals surface area contributed by atoms with Crippen molar-refractivity contribution < 1.29 is 19.4 Å². The van der Waals surface area contributed by atoms with Gasteiger partial charge in [-0.1, -0.05) is 0 Å². The molecule has 40 heavy (non-hydrogen) atoms. The van der Waals surface area contributed by atoms with Gasteiger partial charge in [-0.3, -0.25) is 14.3 Å². The molecule has 0 aliphatic heterocycles. The molecule has 4 heterocycles. The molecular weight excluding hydrogens is 512 g/mol. The molecule has 12 heteroatoms. The van der Waals surface area contributed by atoms with E-state index in [1.54, 1.807) is 32.7 Å². The maximum atomic E-state index is 13.0. The van der Waals surface area contributed by atoms with E-state index < -0.39 is 11.7 Å². The molecule has 0 spiro atoms. The van der Waals surface area contributed by atoms with E-state index in [9.17, 15) is 9.90 Å². The van der Waals surface area contributed by atoms with Gasteiger partial charge in [0.05, 0.1) is 30.1 Å². The maximum Gasteiger partial charge on any atom is 0.415 e. The molecule has 0 atom stereocenters. The lowest BCUT2D eigenvalue weighted by molar-refractivity contribution is 0.0581.